The molecule has 1 aliphatic heterocycles. The van der Waals surface area contributed by atoms with Crippen molar-refractivity contribution in [3.05, 3.63) is 95.7 Å². The fourth-order valence-corrected chi connectivity index (χ4v) is 4.55. The number of aromatic amines is 1. The summed E-state index contributed by atoms with van der Waals surface area (Å²) in [6, 6.07) is 21.5. The average Bonchev–Trinajstić information content (AvgIpc) is 3.28. The van der Waals surface area contributed by atoms with Gasteiger partial charge in [0, 0.05) is 29.6 Å². The summed E-state index contributed by atoms with van der Waals surface area (Å²) < 4.78 is 5.30. The van der Waals surface area contributed by atoms with Crippen LogP contribution in [0.2, 0.25) is 0 Å². The quantitative estimate of drug-likeness (QED) is 0.323. The SMILES string of the molecule is COc1ccc(C(CNC(=O)CC2NC(=O)c3ccccc3NC2=O)c2c[nH]c3ccccc23)cc1. The number of carbonyl (C=O) groups is 3. The number of hydrogen-bond donors (Lipinski definition) is 4. The van der Waals surface area contributed by atoms with Gasteiger partial charge in [0.15, 0.2) is 0 Å². The molecule has 8 nitrogen and oxygen atoms in total. The molecule has 1 aliphatic rings. The van der Waals surface area contributed by atoms with Gasteiger partial charge in [-0.1, -0.05) is 42.5 Å². The number of rotatable bonds is 7. The van der Waals surface area contributed by atoms with Gasteiger partial charge >= 0.3 is 0 Å². The number of hydrogen-bond acceptors (Lipinski definition) is 4. The molecule has 2 atom stereocenters. The van der Waals surface area contributed by atoms with E-state index in [-0.39, 0.29) is 18.2 Å². The number of carbonyl (C=O) groups excluding carboxylic acids is 3. The summed E-state index contributed by atoms with van der Waals surface area (Å²) in [5.74, 6) is -0.544. The monoisotopic (exact) mass is 482 g/mol. The van der Waals surface area contributed by atoms with Crippen molar-refractivity contribution in [1.29, 1.82) is 0 Å². The molecule has 36 heavy (non-hydrogen) atoms. The Bertz CT molecular complexity index is 1430. The van der Waals surface area contributed by atoms with Crippen molar-refractivity contribution >= 4 is 34.3 Å². The highest BCUT2D eigenvalue weighted by molar-refractivity contribution is 6.10. The number of ether oxygens (including phenoxy) is 1. The number of H-pyrrole nitrogens is 1. The van der Waals surface area contributed by atoms with Gasteiger partial charge in [0.05, 0.1) is 24.8 Å². The van der Waals surface area contributed by atoms with Crippen molar-refractivity contribution in [2.24, 2.45) is 0 Å². The number of amides is 3. The molecule has 3 aromatic carbocycles. The number of nitrogens with one attached hydrogen (secondary N) is 4. The second kappa shape index (κ2) is 9.95. The molecule has 0 saturated carbocycles. The molecule has 0 bridgehead atoms. The van der Waals surface area contributed by atoms with Crippen LogP contribution in [0.1, 0.15) is 33.8 Å². The van der Waals surface area contributed by atoms with Gasteiger partial charge in [-0.2, -0.15) is 0 Å². The van der Waals surface area contributed by atoms with Crippen molar-refractivity contribution in [1.82, 2.24) is 15.6 Å². The molecule has 5 rings (SSSR count). The first-order valence-corrected chi connectivity index (χ1v) is 11.7. The van der Waals surface area contributed by atoms with E-state index in [0.29, 0.717) is 17.8 Å². The van der Waals surface area contributed by atoms with E-state index < -0.39 is 17.9 Å². The van der Waals surface area contributed by atoms with E-state index in [1.54, 1.807) is 31.4 Å². The Labute approximate surface area is 208 Å². The van der Waals surface area contributed by atoms with E-state index in [1.165, 1.54) is 0 Å². The van der Waals surface area contributed by atoms with Crippen LogP contribution in [0.3, 0.4) is 0 Å². The van der Waals surface area contributed by atoms with Crippen LogP contribution >= 0.6 is 0 Å². The molecule has 0 spiro atoms. The van der Waals surface area contributed by atoms with Gasteiger partial charge in [-0.05, 0) is 41.5 Å². The van der Waals surface area contributed by atoms with E-state index in [2.05, 4.69) is 20.9 Å². The standard InChI is InChI=1S/C28H26N4O4/c1-36-18-12-10-17(11-13-18)21(22-16-29-23-8-4-2-6-19(22)23)15-30-26(33)14-25-28(35)31-24-9-5-3-7-20(24)27(34)32-25/h2-13,16,21,25,29H,14-15H2,1H3,(H,30,33)(H,31,35)(H,32,34). The van der Waals surface area contributed by atoms with E-state index in [1.807, 2.05) is 54.7 Å². The summed E-state index contributed by atoms with van der Waals surface area (Å²) in [4.78, 5) is 41.5. The van der Waals surface area contributed by atoms with E-state index in [9.17, 15) is 14.4 Å². The Hall–Kier alpha value is -4.59. The third-order valence-corrected chi connectivity index (χ3v) is 6.46. The van der Waals surface area contributed by atoms with Crippen LogP contribution in [0.15, 0.2) is 79.0 Å². The van der Waals surface area contributed by atoms with Crippen LogP contribution in [0.4, 0.5) is 5.69 Å². The van der Waals surface area contributed by atoms with Crippen molar-refractivity contribution < 1.29 is 19.1 Å². The maximum Gasteiger partial charge on any atom is 0.254 e. The fraction of sp³-hybridized carbons (Fsp3) is 0.179. The van der Waals surface area contributed by atoms with Gasteiger partial charge in [-0.15, -0.1) is 0 Å². The van der Waals surface area contributed by atoms with Gasteiger partial charge in [-0.25, -0.2) is 0 Å². The van der Waals surface area contributed by atoms with Gasteiger partial charge in [-0.3, -0.25) is 14.4 Å². The minimum atomic E-state index is -0.975. The largest absolute Gasteiger partial charge is 0.497 e. The molecule has 8 heteroatoms. The minimum Gasteiger partial charge on any atom is -0.497 e. The van der Waals surface area contributed by atoms with Crippen LogP contribution in [-0.4, -0.2) is 42.4 Å². The zero-order chi connectivity index (χ0) is 25.1. The number of fused-ring (bicyclic) bond motifs is 2. The molecule has 1 aromatic heterocycles. The Morgan fingerprint density at radius 2 is 1.75 bits per heavy atom. The molecule has 4 aromatic rings. The smallest absolute Gasteiger partial charge is 0.254 e. The van der Waals surface area contributed by atoms with Crippen LogP contribution in [0, 0.1) is 0 Å². The second-order valence-corrected chi connectivity index (χ2v) is 8.68. The Morgan fingerprint density at radius 1 is 1.00 bits per heavy atom. The summed E-state index contributed by atoms with van der Waals surface area (Å²) in [6.45, 7) is 0.315. The molecular formula is C28H26N4O4. The van der Waals surface area contributed by atoms with Crippen molar-refractivity contribution in [2.45, 2.75) is 18.4 Å². The summed E-state index contributed by atoms with van der Waals surface area (Å²) >= 11 is 0. The van der Waals surface area contributed by atoms with Crippen LogP contribution in [0.5, 0.6) is 5.75 Å². The second-order valence-electron chi connectivity index (χ2n) is 8.68. The fourth-order valence-electron chi connectivity index (χ4n) is 4.55. The minimum absolute atomic E-state index is 0.141. The maximum atomic E-state index is 12.9. The molecule has 182 valence electrons. The molecule has 4 N–H and O–H groups in total. The molecule has 3 amide bonds. The molecule has 0 aliphatic carbocycles. The normalized spacial score (nSPS) is 15.9. The highest BCUT2D eigenvalue weighted by Gasteiger charge is 2.29. The third-order valence-electron chi connectivity index (χ3n) is 6.46. The first-order chi connectivity index (χ1) is 17.5. The van der Waals surface area contributed by atoms with Crippen molar-refractivity contribution in [3.8, 4) is 5.75 Å². The Morgan fingerprint density at radius 3 is 2.56 bits per heavy atom. The number of aromatic nitrogens is 1. The van der Waals surface area contributed by atoms with Crippen LogP contribution < -0.4 is 20.7 Å². The Balaban J connectivity index is 1.33. The predicted octanol–water partition coefficient (Wildman–Crippen LogP) is 3.57. The lowest BCUT2D eigenvalue weighted by atomic mass is 9.90. The molecule has 2 heterocycles. The Kier molecular flexibility index (Phi) is 6.40. The molecular weight excluding hydrogens is 456 g/mol. The zero-order valence-corrected chi connectivity index (χ0v) is 19.7. The van der Waals surface area contributed by atoms with Crippen LogP contribution in [-0.2, 0) is 9.59 Å². The number of anilines is 1. The first kappa shape index (κ1) is 23.2. The highest BCUT2D eigenvalue weighted by Crippen LogP contribution is 2.31. The summed E-state index contributed by atoms with van der Waals surface area (Å²) in [5, 5.41) is 9.44. The summed E-state index contributed by atoms with van der Waals surface area (Å²) in [6.07, 6.45) is 1.79. The molecule has 0 fully saturated rings. The summed E-state index contributed by atoms with van der Waals surface area (Å²) in [5.41, 5.74) is 3.87. The van der Waals surface area contributed by atoms with Gasteiger partial charge in [0.2, 0.25) is 11.8 Å². The molecule has 0 saturated heterocycles. The van der Waals surface area contributed by atoms with Gasteiger partial charge in [0.25, 0.3) is 5.91 Å². The first-order valence-electron chi connectivity index (χ1n) is 11.7. The zero-order valence-electron chi connectivity index (χ0n) is 19.7. The number of para-hydroxylation sites is 2. The maximum absolute atomic E-state index is 12.9. The highest BCUT2D eigenvalue weighted by atomic mass is 16.5. The topological polar surface area (TPSA) is 112 Å². The number of benzene rings is 3. The van der Waals surface area contributed by atoms with Crippen molar-refractivity contribution in [2.75, 3.05) is 19.0 Å². The van der Waals surface area contributed by atoms with E-state index in [0.717, 1.165) is 27.8 Å². The lowest BCUT2D eigenvalue weighted by Gasteiger charge is -2.20. The van der Waals surface area contributed by atoms with Gasteiger partial charge < -0.3 is 25.7 Å². The van der Waals surface area contributed by atoms with Crippen molar-refractivity contribution in [3.63, 3.8) is 0 Å². The summed E-state index contributed by atoms with van der Waals surface area (Å²) in [7, 11) is 1.62. The van der Waals surface area contributed by atoms with E-state index in [4.69, 9.17) is 4.74 Å². The van der Waals surface area contributed by atoms with Gasteiger partial charge in [0.1, 0.15) is 11.8 Å². The average molecular weight is 483 g/mol. The number of methoxy groups -OCH3 is 1. The molecule has 2 unspecified atom stereocenters. The van der Waals surface area contributed by atoms with E-state index >= 15 is 0 Å². The molecule has 0 radical (unpaired) electrons. The lowest BCUT2D eigenvalue weighted by Crippen LogP contribution is -2.45. The lowest BCUT2D eigenvalue weighted by molar-refractivity contribution is -0.125. The van der Waals surface area contributed by atoms with Crippen LogP contribution in [0.25, 0.3) is 10.9 Å². The third kappa shape index (κ3) is 4.65. The predicted molar refractivity (Wildman–Crippen MR) is 137 cm³/mol.